The first-order chi connectivity index (χ1) is 9.09. The van der Waals surface area contributed by atoms with E-state index in [0.717, 1.165) is 0 Å². The summed E-state index contributed by atoms with van der Waals surface area (Å²) in [6, 6.07) is 0. The molecule has 0 aromatic heterocycles. The normalized spacial score (nSPS) is 28.8. The highest BCUT2D eigenvalue weighted by molar-refractivity contribution is 5.86. The summed E-state index contributed by atoms with van der Waals surface area (Å²) >= 11 is 0. The fraction of sp³-hybridized carbons (Fsp3) is 0.857. The van der Waals surface area contributed by atoms with Gasteiger partial charge in [0.15, 0.2) is 0 Å². The van der Waals surface area contributed by atoms with Crippen molar-refractivity contribution in [2.75, 3.05) is 20.2 Å². The van der Waals surface area contributed by atoms with Gasteiger partial charge in [0, 0.05) is 25.6 Å². The van der Waals surface area contributed by atoms with Crippen molar-refractivity contribution in [3.8, 4) is 0 Å². The minimum atomic E-state index is -0.544. The first kappa shape index (κ1) is 15.1. The highest BCUT2D eigenvalue weighted by Crippen LogP contribution is 2.43. The number of amides is 2. The Hall–Kier alpha value is -1.30. The Morgan fingerprint density at radius 2 is 1.90 bits per heavy atom. The zero-order valence-electron chi connectivity index (χ0n) is 13.1. The van der Waals surface area contributed by atoms with E-state index >= 15 is 0 Å². The van der Waals surface area contributed by atoms with Gasteiger partial charge in [-0.1, -0.05) is 13.8 Å². The van der Waals surface area contributed by atoms with Gasteiger partial charge in [0.2, 0.25) is 0 Å². The summed E-state index contributed by atoms with van der Waals surface area (Å²) < 4.78 is 10.8. The molecule has 2 rings (SSSR count). The molecule has 114 valence electrons. The first-order valence-corrected chi connectivity index (χ1v) is 6.92. The molecule has 0 aromatic carbocycles. The van der Waals surface area contributed by atoms with Crippen molar-refractivity contribution in [1.29, 1.82) is 0 Å². The average Bonchev–Trinajstić information content (AvgIpc) is 2.77. The molecule has 6 heteroatoms. The van der Waals surface area contributed by atoms with Crippen molar-refractivity contribution in [3.63, 3.8) is 0 Å². The number of hydrogen-bond acceptors (Lipinski definition) is 4. The van der Waals surface area contributed by atoms with Crippen molar-refractivity contribution in [2.45, 2.75) is 52.5 Å². The number of carbonyl (C=O) groups excluding carboxylic acids is 2. The quantitative estimate of drug-likeness (QED) is 0.731. The Labute approximate surface area is 120 Å². The molecule has 0 unspecified atom stereocenters. The van der Waals surface area contributed by atoms with Crippen LogP contribution in [0.1, 0.15) is 34.6 Å². The van der Waals surface area contributed by atoms with Gasteiger partial charge in [0.1, 0.15) is 17.9 Å². The van der Waals surface area contributed by atoms with E-state index in [0.29, 0.717) is 13.1 Å². The number of fused-ring (bicyclic) bond motifs is 1. The first-order valence-electron chi connectivity index (χ1n) is 6.92. The highest BCUT2D eigenvalue weighted by atomic mass is 16.6. The van der Waals surface area contributed by atoms with E-state index in [1.807, 2.05) is 34.6 Å². The molecule has 0 radical (unpaired) electrons. The summed E-state index contributed by atoms with van der Waals surface area (Å²) in [5.41, 5.74) is -1.00. The Morgan fingerprint density at radius 1 is 1.30 bits per heavy atom. The molecule has 2 atom stereocenters. The van der Waals surface area contributed by atoms with E-state index in [4.69, 9.17) is 9.47 Å². The van der Waals surface area contributed by atoms with Crippen LogP contribution in [0.4, 0.5) is 4.79 Å². The highest BCUT2D eigenvalue weighted by Gasteiger charge is 2.60. The smallest absolute Gasteiger partial charge is 0.412 e. The fourth-order valence-electron chi connectivity index (χ4n) is 3.18. The van der Waals surface area contributed by atoms with Crippen molar-refractivity contribution in [1.82, 2.24) is 9.80 Å². The van der Waals surface area contributed by atoms with Crippen LogP contribution in [-0.2, 0) is 14.3 Å². The predicted octanol–water partition coefficient (Wildman–Crippen LogP) is 1.45. The molecule has 2 saturated heterocycles. The molecular formula is C14H24N2O4. The molecule has 0 bridgehead atoms. The zero-order chi connectivity index (χ0) is 15.3. The van der Waals surface area contributed by atoms with Gasteiger partial charge in [-0.3, -0.25) is 9.69 Å². The molecule has 2 aliphatic rings. The van der Waals surface area contributed by atoms with Gasteiger partial charge in [-0.15, -0.1) is 0 Å². The van der Waals surface area contributed by atoms with Crippen LogP contribution in [0.3, 0.4) is 0 Å². The predicted molar refractivity (Wildman–Crippen MR) is 73.0 cm³/mol. The molecule has 0 spiro atoms. The second-order valence-electron chi connectivity index (χ2n) is 7.02. The fourth-order valence-corrected chi connectivity index (χ4v) is 3.18. The monoisotopic (exact) mass is 284 g/mol. The Kier molecular flexibility index (Phi) is 3.48. The number of carbonyl (C=O) groups is 2. The van der Waals surface area contributed by atoms with E-state index < -0.39 is 17.1 Å². The van der Waals surface area contributed by atoms with Crippen LogP contribution in [0.5, 0.6) is 0 Å². The molecule has 0 saturated carbocycles. The van der Waals surface area contributed by atoms with Crippen LogP contribution >= 0.6 is 0 Å². The van der Waals surface area contributed by atoms with Crippen LogP contribution in [0.15, 0.2) is 0 Å². The Morgan fingerprint density at radius 3 is 2.40 bits per heavy atom. The molecule has 2 aliphatic heterocycles. The van der Waals surface area contributed by atoms with Gasteiger partial charge >= 0.3 is 6.09 Å². The average molecular weight is 284 g/mol. The number of ether oxygens (including phenoxy) is 2. The van der Waals surface area contributed by atoms with E-state index in [1.54, 1.807) is 9.80 Å². The summed E-state index contributed by atoms with van der Waals surface area (Å²) in [5, 5.41) is 0. The third-order valence-electron chi connectivity index (χ3n) is 3.88. The van der Waals surface area contributed by atoms with Crippen molar-refractivity contribution < 1.29 is 19.1 Å². The van der Waals surface area contributed by atoms with Gasteiger partial charge in [-0.05, 0) is 20.8 Å². The van der Waals surface area contributed by atoms with E-state index in [-0.39, 0.29) is 18.2 Å². The second kappa shape index (κ2) is 4.62. The van der Waals surface area contributed by atoms with Gasteiger partial charge in [-0.25, -0.2) is 4.79 Å². The van der Waals surface area contributed by atoms with Crippen LogP contribution in [0.25, 0.3) is 0 Å². The Bertz CT molecular complexity index is 427. The molecule has 6 nitrogen and oxygen atoms in total. The minimum absolute atomic E-state index is 0.0476. The third-order valence-corrected chi connectivity index (χ3v) is 3.88. The van der Waals surface area contributed by atoms with Crippen LogP contribution in [0, 0.1) is 5.41 Å². The molecule has 0 N–H and O–H groups in total. The maximum Gasteiger partial charge on any atom is 0.412 e. The topological polar surface area (TPSA) is 59.1 Å². The van der Waals surface area contributed by atoms with E-state index in [9.17, 15) is 9.59 Å². The standard InChI is InChI=1S/C14H24N2O4/c1-13(2,3)20-12(18)16-8-7-15-10(17)9(19-6)14(4,5)11(15)16/h9,11H,7-8H2,1-6H3/t9-,11+/m1/s1. The number of nitrogens with zero attached hydrogens (tertiary/aromatic N) is 2. The van der Waals surface area contributed by atoms with Crippen LogP contribution < -0.4 is 0 Å². The van der Waals surface area contributed by atoms with Crippen molar-refractivity contribution >= 4 is 12.0 Å². The Balaban J connectivity index is 2.24. The molecular weight excluding hydrogens is 260 g/mol. The van der Waals surface area contributed by atoms with E-state index in [2.05, 4.69) is 0 Å². The third kappa shape index (κ3) is 2.26. The largest absolute Gasteiger partial charge is 0.444 e. The summed E-state index contributed by atoms with van der Waals surface area (Å²) in [6.45, 7) is 10.4. The van der Waals surface area contributed by atoms with E-state index in [1.165, 1.54) is 7.11 Å². The summed E-state index contributed by atoms with van der Waals surface area (Å²) in [5.74, 6) is -0.0476. The van der Waals surface area contributed by atoms with Gasteiger partial charge in [0.05, 0.1) is 0 Å². The number of methoxy groups -OCH3 is 1. The number of rotatable bonds is 1. The van der Waals surface area contributed by atoms with Gasteiger partial charge in [-0.2, -0.15) is 0 Å². The van der Waals surface area contributed by atoms with Crippen LogP contribution in [-0.4, -0.2) is 59.9 Å². The van der Waals surface area contributed by atoms with Gasteiger partial charge in [0.25, 0.3) is 5.91 Å². The van der Waals surface area contributed by atoms with Crippen LogP contribution in [0.2, 0.25) is 0 Å². The summed E-state index contributed by atoms with van der Waals surface area (Å²) in [6.07, 6.45) is -1.19. The summed E-state index contributed by atoms with van der Waals surface area (Å²) in [4.78, 5) is 28.0. The zero-order valence-corrected chi connectivity index (χ0v) is 13.1. The van der Waals surface area contributed by atoms with Crippen molar-refractivity contribution in [2.24, 2.45) is 5.41 Å². The maximum absolute atomic E-state index is 12.3. The van der Waals surface area contributed by atoms with Crippen molar-refractivity contribution in [3.05, 3.63) is 0 Å². The number of hydrogen-bond donors (Lipinski definition) is 0. The molecule has 0 aromatic rings. The molecule has 0 aliphatic carbocycles. The van der Waals surface area contributed by atoms with Gasteiger partial charge < -0.3 is 14.4 Å². The lowest BCUT2D eigenvalue weighted by atomic mass is 9.86. The molecule has 20 heavy (non-hydrogen) atoms. The SMILES string of the molecule is CO[C@@H]1C(=O)N2CCN(C(=O)OC(C)(C)C)[C@H]2C1(C)C. The second-order valence-corrected chi connectivity index (χ2v) is 7.02. The molecule has 2 amide bonds. The maximum atomic E-state index is 12.3. The molecule has 2 heterocycles. The lowest BCUT2D eigenvalue weighted by Crippen LogP contribution is -2.49. The lowest BCUT2D eigenvalue weighted by Gasteiger charge is -2.36. The summed E-state index contributed by atoms with van der Waals surface area (Å²) in [7, 11) is 1.53. The lowest BCUT2D eigenvalue weighted by molar-refractivity contribution is -0.137. The molecule has 2 fully saturated rings. The minimum Gasteiger partial charge on any atom is -0.444 e.